The lowest BCUT2D eigenvalue weighted by Gasteiger charge is -2.16. The van der Waals surface area contributed by atoms with Crippen LogP contribution in [0.25, 0.3) is 17.7 Å². The van der Waals surface area contributed by atoms with Gasteiger partial charge in [-0.3, -0.25) is 0 Å². The first kappa shape index (κ1) is 18.4. The van der Waals surface area contributed by atoms with E-state index >= 15 is 0 Å². The monoisotopic (exact) mass is 365 g/mol. The summed E-state index contributed by atoms with van der Waals surface area (Å²) < 4.78 is 0. The van der Waals surface area contributed by atoms with Crippen LogP contribution in [0.15, 0.2) is 23.9 Å². The fraction of sp³-hybridized carbons (Fsp3) is 0.222. The lowest BCUT2D eigenvalue weighted by molar-refractivity contribution is 0.860. The van der Waals surface area contributed by atoms with Gasteiger partial charge in [-0.15, -0.1) is 11.3 Å². The van der Waals surface area contributed by atoms with Crippen molar-refractivity contribution >= 4 is 45.5 Å². The lowest BCUT2D eigenvalue weighted by Crippen LogP contribution is -2.21. The zero-order valence-corrected chi connectivity index (χ0v) is 15.5. The summed E-state index contributed by atoms with van der Waals surface area (Å²) in [6, 6.07) is 9.10. The first-order valence-corrected chi connectivity index (χ1v) is 9.23. The van der Waals surface area contributed by atoms with Gasteiger partial charge in [0.1, 0.15) is 23.8 Å². The van der Waals surface area contributed by atoms with Crippen LogP contribution in [0.2, 0.25) is 0 Å². The van der Waals surface area contributed by atoms with E-state index in [-0.39, 0.29) is 11.1 Å². The van der Waals surface area contributed by atoms with Gasteiger partial charge in [0, 0.05) is 33.9 Å². The highest BCUT2D eigenvalue weighted by molar-refractivity contribution is 7.16. The summed E-state index contributed by atoms with van der Waals surface area (Å²) in [7, 11) is 0. The molecule has 7 heteroatoms. The van der Waals surface area contributed by atoms with Crippen LogP contribution in [-0.4, -0.2) is 18.1 Å². The summed E-state index contributed by atoms with van der Waals surface area (Å²) in [5.74, 6) is 0. The van der Waals surface area contributed by atoms with E-state index in [4.69, 9.17) is 10.5 Å². The zero-order chi connectivity index (χ0) is 18.2. The minimum atomic E-state index is -0.161. The van der Waals surface area contributed by atoms with Crippen molar-refractivity contribution in [2.45, 2.75) is 13.8 Å². The molecule has 2 aromatic heterocycles. The number of nitrogens with zero attached hydrogens (tertiary/aromatic N) is 5. The van der Waals surface area contributed by atoms with Crippen molar-refractivity contribution in [2.75, 3.05) is 18.0 Å². The quantitative estimate of drug-likeness (QED) is 0.701. The lowest BCUT2D eigenvalue weighted by atomic mass is 10.1. The normalized spacial score (nSPS) is 10.0. The van der Waals surface area contributed by atoms with E-state index in [2.05, 4.69) is 23.7 Å². The van der Waals surface area contributed by atoms with Crippen molar-refractivity contribution < 1.29 is 0 Å². The van der Waals surface area contributed by atoms with Gasteiger partial charge in [-0.05, 0) is 38.1 Å². The molecule has 25 heavy (non-hydrogen) atoms. The smallest absolute Gasteiger partial charge is 0.185 e. The van der Waals surface area contributed by atoms with E-state index in [1.165, 1.54) is 11.3 Å². The molecule has 0 radical (unpaired) electrons. The highest BCUT2D eigenvalue weighted by Gasteiger charge is 2.11. The van der Waals surface area contributed by atoms with E-state index < -0.39 is 0 Å². The molecular weight excluding hydrogens is 350 g/mol. The highest BCUT2D eigenvalue weighted by atomic mass is 32.1. The summed E-state index contributed by atoms with van der Waals surface area (Å²) in [5, 5.41) is 28.1. The van der Waals surface area contributed by atoms with Gasteiger partial charge in [0.2, 0.25) is 0 Å². The predicted molar refractivity (Wildman–Crippen MR) is 103 cm³/mol. The second-order valence-electron chi connectivity index (χ2n) is 4.84. The molecule has 0 bridgehead atoms. The third-order valence-corrected chi connectivity index (χ3v) is 5.51. The third-order valence-electron chi connectivity index (χ3n) is 3.42. The van der Waals surface area contributed by atoms with E-state index in [1.54, 1.807) is 29.5 Å². The van der Waals surface area contributed by atoms with Crippen molar-refractivity contribution in [1.82, 2.24) is 4.98 Å². The molecule has 2 heterocycles. The van der Waals surface area contributed by atoms with Gasteiger partial charge < -0.3 is 4.90 Å². The van der Waals surface area contributed by atoms with Gasteiger partial charge in [0.15, 0.2) is 5.13 Å². The van der Waals surface area contributed by atoms with Crippen LogP contribution in [0.1, 0.15) is 28.5 Å². The number of allylic oxidation sites excluding steroid dienone is 2. The molecule has 2 aromatic rings. The van der Waals surface area contributed by atoms with Gasteiger partial charge in [-0.1, -0.05) is 11.3 Å². The third kappa shape index (κ3) is 4.33. The maximum Gasteiger partial charge on any atom is 0.185 e. The molecule has 0 fully saturated rings. The maximum atomic E-state index is 9.20. The standard InChI is InChI=1S/C18H15N5S2/c1-3-23(4-2)18-22-12-15(25-18)6-5-14-7-8-17(24-14)16(11-21)13(9-19)10-20/h5-8,12H,3-4H2,1-2H3/b6-5+. The molecule has 124 valence electrons. The highest BCUT2D eigenvalue weighted by Crippen LogP contribution is 2.29. The van der Waals surface area contributed by atoms with E-state index in [0.717, 1.165) is 28.0 Å². The van der Waals surface area contributed by atoms with Gasteiger partial charge in [0.05, 0.1) is 5.57 Å². The van der Waals surface area contributed by atoms with Crippen molar-refractivity contribution in [2.24, 2.45) is 0 Å². The van der Waals surface area contributed by atoms with Gasteiger partial charge in [-0.2, -0.15) is 15.8 Å². The number of aromatic nitrogens is 1. The average Bonchev–Trinajstić information content (AvgIpc) is 3.28. The second kappa shape index (κ2) is 8.80. The first-order valence-electron chi connectivity index (χ1n) is 7.60. The molecule has 0 spiro atoms. The Bertz CT molecular complexity index is 908. The second-order valence-corrected chi connectivity index (χ2v) is 6.99. The fourth-order valence-electron chi connectivity index (χ4n) is 2.11. The summed E-state index contributed by atoms with van der Waals surface area (Å²) in [4.78, 5) is 9.24. The number of anilines is 1. The Morgan fingerprint density at radius 2 is 1.72 bits per heavy atom. The number of hydrogen-bond donors (Lipinski definition) is 0. The molecule has 0 amide bonds. The van der Waals surface area contributed by atoms with Crippen LogP contribution >= 0.6 is 22.7 Å². The van der Waals surface area contributed by atoms with Crippen LogP contribution in [0, 0.1) is 34.0 Å². The number of hydrogen-bond acceptors (Lipinski definition) is 7. The van der Waals surface area contributed by atoms with E-state index in [1.807, 2.05) is 30.5 Å². The molecule has 0 aliphatic rings. The Balaban J connectivity index is 2.21. The Hall–Kier alpha value is -2.92. The Morgan fingerprint density at radius 1 is 1.04 bits per heavy atom. The van der Waals surface area contributed by atoms with Gasteiger partial charge in [0.25, 0.3) is 0 Å². The SMILES string of the molecule is CCN(CC)c1ncc(/C=C/c2ccc(C(C#N)=C(C#N)C#N)s2)s1. The molecule has 0 saturated heterocycles. The Labute approximate surface area is 155 Å². The van der Waals surface area contributed by atoms with Crippen molar-refractivity contribution in [3.63, 3.8) is 0 Å². The minimum absolute atomic E-state index is 0.122. The molecule has 5 nitrogen and oxygen atoms in total. The fourth-order valence-corrected chi connectivity index (χ4v) is 3.96. The number of nitriles is 3. The van der Waals surface area contributed by atoms with Gasteiger partial charge >= 0.3 is 0 Å². The van der Waals surface area contributed by atoms with Crippen molar-refractivity contribution in [3.05, 3.63) is 38.5 Å². The maximum absolute atomic E-state index is 9.20. The van der Waals surface area contributed by atoms with Crippen LogP contribution in [0.3, 0.4) is 0 Å². The molecule has 0 unspecified atom stereocenters. The van der Waals surface area contributed by atoms with Crippen LogP contribution in [-0.2, 0) is 0 Å². The van der Waals surface area contributed by atoms with E-state index in [9.17, 15) is 5.26 Å². The molecule has 0 saturated carbocycles. The first-order chi connectivity index (χ1) is 12.2. The van der Waals surface area contributed by atoms with E-state index in [0.29, 0.717) is 4.88 Å². The Morgan fingerprint density at radius 3 is 2.32 bits per heavy atom. The summed E-state index contributed by atoms with van der Waals surface area (Å²) in [6.07, 6.45) is 5.76. The minimum Gasteiger partial charge on any atom is -0.349 e. The van der Waals surface area contributed by atoms with Crippen LogP contribution < -0.4 is 4.90 Å². The summed E-state index contributed by atoms with van der Waals surface area (Å²) >= 11 is 2.99. The summed E-state index contributed by atoms with van der Waals surface area (Å²) in [6.45, 7) is 6.05. The number of rotatable bonds is 6. The zero-order valence-electron chi connectivity index (χ0n) is 13.9. The Kier molecular flexibility index (Phi) is 6.48. The number of thiazole rings is 1. The molecule has 0 N–H and O–H groups in total. The van der Waals surface area contributed by atoms with Crippen LogP contribution in [0.5, 0.6) is 0 Å². The van der Waals surface area contributed by atoms with Crippen molar-refractivity contribution in [3.8, 4) is 18.2 Å². The summed E-state index contributed by atoms with van der Waals surface area (Å²) in [5.41, 5.74) is -0.0394. The molecule has 0 aliphatic carbocycles. The average molecular weight is 365 g/mol. The number of thiophene rings is 1. The largest absolute Gasteiger partial charge is 0.349 e. The predicted octanol–water partition coefficient (Wildman–Crippen LogP) is 4.55. The molecule has 0 aliphatic heterocycles. The topological polar surface area (TPSA) is 87.5 Å². The molecule has 0 aromatic carbocycles. The molecule has 0 atom stereocenters. The molecular formula is C18H15N5S2. The molecule has 2 rings (SSSR count). The van der Waals surface area contributed by atoms with Crippen LogP contribution in [0.4, 0.5) is 5.13 Å². The van der Waals surface area contributed by atoms with Crippen molar-refractivity contribution in [1.29, 1.82) is 15.8 Å². The van der Waals surface area contributed by atoms with Gasteiger partial charge in [-0.25, -0.2) is 4.98 Å².